The number of nitro groups is 1. The summed E-state index contributed by atoms with van der Waals surface area (Å²) in [6.45, 7) is 2.04. The summed E-state index contributed by atoms with van der Waals surface area (Å²) in [5.41, 5.74) is -0.0128. The minimum absolute atomic E-state index is 0.0128. The molecule has 1 atom stereocenters. The van der Waals surface area contributed by atoms with Gasteiger partial charge in [0.2, 0.25) is 0 Å². The number of thioether (sulfide) groups is 1. The van der Waals surface area contributed by atoms with Gasteiger partial charge in [-0.3, -0.25) is 10.1 Å². The molecular formula is C9H10BrClN2O2S. The smallest absolute Gasteiger partial charge is 0.258 e. The molecule has 4 nitrogen and oxygen atoms in total. The Hall–Kier alpha value is -0.330. The van der Waals surface area contributed by atoms with Crippen LogP contribution in [0.4, 0.5) is 5.69 Å². The quantitative estimate of drug-likeness (QED) is 0.357. The van der Waals surface area contributed by atoms with Crippen molar-refractivity contribution < 1.29 is 4.92 Å². The van der Waals surface area contributed by atoms with E-state index in [1.54, 1.807) is 11.8 Å². The van der Waals surface area contributed by atoms with E-state index >= 15 is 0 Å². The van der Waals surface area contributed by atoms with Crippen LogP contribution in [0, 0.1) is 10.1 Å². The van der Waals surface area contributed by atoms with E-state index in [4.69, 9.17) is 11.6 Å². The topological polar surface area (TPSA) is 56.0 Å². The maximum absolute atomic E-state index is 10.5. The standard InChI is InChI=1S/C9H10BrClN2O2S/c1-6(2-3-11)16-9-8(10)4-7(5-12-9)13(14)15/h4-6H,2-3H2,1H3. The van der Waals surface area contributed by atoms with Crippen molar-refractivity contribution in [2.24, 2.45) is 0 Å². The first-order valence-corrected chi connectivity index (χ1v) is 6.78. The molecule has 1 aromatic rings. The Balaban J connectivity index is 2.79. The van der Waals surface area contributed by atoms with Gasteiger partial charge >= 0.3 is 0 Å². The second kappa shape index (κ2) is 6.42. The zero-order valence-electron chi connectivity index (χ0n) is 8.52. The van der Waals surface area contributed by atoms with Crippen LogP contribution in [0.25, 0.3) is 0 Å². The van der Waals surface area contributed by atoms with Crippen molar-refractivity contribution in [2.75, 3.05) is 5.88 Å². The van der Waals surface area contributed by atoms with Gasteiger partial charge in [-0.1, -0.05) is 6.92 Å². The highest BCUT2D eigenvalue weighted by molar-refractivity contribution is 9.10. The predicted octanol–water partition coefficient (Wildman–Crippen LogP) is 3.86. The molecule has 88 valence electrons. The van der Waals surface area contributed by atoms with Crippen molar-refractivity contribution in [3.63, 3.8) is 0 Å². The van der Waals surface area contributed by atoms with Gasteiger partial charge in [0.25, 0.3) is 5.69 Å². The fourth-order valence-corrected chi connectivity index (χ4v) is 2.98. The van der Waals surface area contributed by atoms with Crippen LogP contribution >= 0.6 is 39.3 Å². The van der Waals surface area contributed by atoms with Gasteiger partial charge in [0.1, 0.15) is 11.2 Å². The van der Waals surface area contributed by atoms with Crippen molar-refractivity contribution in [3.05, 3.63) is 26.9 Å². The van der Waals surface area contributed by atoms with Crippen molar-refractivity contribution in [2.45, 2.75) is 23.6 Å². The van der Waals surface area contributed by atoms with E-state index in [9.17, 15) is 10.1 Å². The van der Waals surface area contributed by atoms with E-state index < -0.39 is 4.92 Å². The third-order valence-electron chi connectivity index (χ3n) is 1.83. The molecule has 1 rings (SSSR count). The van der Waals surface area contributed by atoms with Gasteiger partial charge in [-0.05, 0) is 22.4 Å². The zero-order chi connectivity index (χ0) is 12.1. The average Bonchev–Trinajstić information content (AvgIpc) is 2.21. The van der Waals surface area contributed by atoms with Crippen LogP contribution < -0.4 is 0 Å². The van der Waals surface area contributed by atoms with Crippen molar-refractivity contribution in [1.82, 2.24) is 4.98 Å². The molecule has 0 aliphatic heterocycles. The van der Waals surface area contributed by atoms with Crippen molar-refractivity contribution in [3.8, 4) is 0 Å². The number of halogens is 2. The lowest BCUT2D eigenvalue weighted by atomic mass is 10.4. The summed E-state index contributed by atoms with van der Waals surface area (Å²) in [5.74, 6) is 0.596. The second-order valence-electron chi connectivity index (χ2n) is 3.14. The molecule has 0 spiro atoms. The summed E-state index contributed by atoms with van der Waals surface area (Å²) in [7, 11) is 0. The normalized spacial score (nSPS) is 12.4. The number of nitrogens with zero attached hydrogens (tertiary/aromatic N) is 2. The third kappa shape index (κ3) is 3.92. The Labute approximate surface area is 111 Å². The molecule has 1 unspecified atom stereocenters. The first-order valence-electron chi connectivity index (χ1n) is 4.57. The molecule has 0 amide bonds. The monoisotopic (exact) mass is 324 g/mol. The summed E-state index contributed by atoms with van der Waals surface area (Å²) < 4.78 is 0.646. The lowest BCUT2D eigenvalue weighted by molar-refractivity contribution is -0.385. The molecule has 0 bridgehead atoms. The zero-order valence-corrected chi connectivity index (χ0v) is 11.7. The molecule has 1 aromatic heterocycles. The van der Waals surface area contributed by atoms with E-state index in [1.807, 2.05) is 6.92 Å². The molecule has 0 aromatic carbocycles. The van der Waals surface area contributed by atoms with Gasteiger partial charge in [0, 0.05) is 17.2 Å². The van der Waals surface area contributed by atoms with Crippen LogP contribution in [-0.4, -0.2) is 21.0 Å². The van der Waals surface area contributed by atoms with E-state index in [-0.39, 0.29) is 5.69 Å². The van der Waals surface area contributed by atoms with Crippen molar-refractivity contribution in [1.29, 1.82) is 0 Å². The van der Waals surface area contributed by atoms with E-state index in [2.05, 4.69) is 20.9 Å². The van der Waals surface area contributed by atoms with Crippen LogP contribution in [0.15, 0.2) is 21.8 Å². The number of hydrogen-bond donors (Lipinski definition) is 0. The Bertz CT molecular complexity index is 392. The number of aromatic nitrogens is 1. The van der Waals surface area contributed by atoms with E-state index in [1.165, 1.54) is 12.3 Å². The van der Waals surface area contributed by atoms with Crippen LogP contribution in [0.3, 0.4) is 0 Å². The second-order valence-corrected chi connectivity index (χ2v) is 5.80. The summed E-state index contributed by atoms with van der Waals surface area (Å²) in [5, 5.41) is 11.6. The number of alkyl halides is 1. The minimum Gasteiger partial charge on any atom is -0.258 e. The van der Waals surface area contributed by atoms with Crippen molar-refractivity contribution >= 4 is 45.0 Å². The lowest BCUT2D eigenvalue weighted by Crippen LogP contribution is -1.98. The average molecular weight is 326 g/mol. The largest absolute Gasteiger partial charge is 0.288 e. The number of pyridine rings is 1. The van der Waals surface area contributed by atoms with Gasteiger partial charge in [0.05, 0.1) is 9.40 Å². The Morgan fingerprint density at radius 1 is 1.75 bits per heavy atom. The first kappa shape index (κ1) is 13.7. The number of rotatable bonds is 5. The summed E-state index contributed by atoms with van der Waals surface area (Å²) in [6, 6.07) is 1.46. The molecule has 0 aliphatic carbocycles. The Morgan fingerprint density at radius 3 is 2.94 bits per heavy atom. The third-order valence-corrected chi connectivity index (χ3v) is 4.10. The molecule has 0 aliphatic rings. The minimum atomic E-state index is -0.464. The van der Waals surface area contributed by atoms with E-state index in [0.29, 0.717) is 15.6 Å². The van der Waals surface area contributed by atoms with Gasteiger partial charge in [-0.25, -0.2) is 4.98 Å². The van der Waals surface area contributed by atoms with Gasteiger partial charge in [-0.2, -0.15) is 0 Å². The highest BCUT2D eigenvalue weighted by Crippen LogP contribution is 2.31. The predicted molar refractivity (Wildman–Crippen MR) is 69.2 cm³/mol. The van der Waals surface area contributed by atoms with Crippen LogP contribution in [0.5, 0.6) is 0 Å². The number of hydrogen-bond acceptors (Lipinski definition) is 4. The Kier molecular flexibility index (Phi) is 5.51. The summed E-state index contributed by atoms with van der Waals surface area (Å²) in [4.78, 5) is 14.1. The highest BCUT2D eigenvalue weighted by Gasteiger charge is 2.13. The molecule has 0 saturated carbocycles. The SMILES string of the molecule is CC(CCCl)Sc1ncc([N+](=O)[O-])cc1Br. The molecule has 0 radical (unpaired) electrons. The highest BCUT2D eigenvalue weighted by atomic mass is 79.9. The van der Waals surface area contributed by atoms with E-state index in [0.717, 1.165) is 11.4 Å². The Morgan fingerprint density at radius 2 is 2.44 bits per heavy atom. The van der Waals surface area contributed by atoms with Crippen LogP contribution in [0.2, 0.25) is 0 Å². The fourth-order valence-electron chi connectivity index (χ4n) is 1.00. The first-order chi connectivity index (χ1) is 7.54. The molecule has 0 saturated heterocycles. The van der Waals surface area contributed by atoms with Gasteiger partial charge in [0.15, 0.2) is 0 Å². The molecule has 16 heavy (non-hydrogen) atoms. The molecule has 0 N–H and O–H groups in total. The van der Waals surface area contributed by atoms with Gasteiger partial charge in [-0.15, -0.1) is 23.4 Å². The van der Waals surface area contributed by atoms with Crippen LogP contribution in [0.1, 0.15) is 13.3 Å². The lowest BCUT2D eigenvalue weighted by Gasteiger charge is -2.09. The maximum Gasteiger partial charge on any atom is 0.288 e. The summed E-state index contributed by atoms with van der Waals surface area (Å²) >= 11 is 10.5. The maximum atomic E-state index is 10.5. The summed E-state index contributed by atoms with van der Waals surface area (Å²) in [6.07, 6.45) is 2.14. The molecule has 0 fully saturated rings. The van der Waals surface area contributed by atoms with Crippen LogP contribution in [-0.2, 0) is 0 Å². The van der Waals surface area contributed by atoms with Gasteiger partial charge < -0.3 is 0 Å². The fraction of sp³-hybridized carbons (Fsp3) is 0.444. The molecule has 7 heteroatoms. The molecule has 1 heterocycles. The molecular weight excluding hydrogens is 316 g/mol.